The SMILES string of the molecule is N#Cc1cncc(-c2ccc(-c3cc4c(c5ccccc35)-c3ccc(-c5ccccc5)cc3C4(c3ccccc3)c3ccccc3)cc2)c1. The highest BCUT2D eigenvalue weighted by atomic mass is 14.6. The fourth-order valence-electron chi connectivity index (χ4n) is 7.89. The molecule has 9 rings (SSSR count). The van der Waals surface area contributed by atoms with Gasteiger partial charge in [-0.2, -0.15) is 5.26 Å². The van der Waals surface area contributed by atoms with E-state index >= 15 is 0 Å². The van der Waals surface area contributed by atoms with Crippen molar-refractivity contribution in [3.8, 4) is 50.6 Å². The van der Waals surface area contributed by atoms with Crippen molar-refractivity contribution in [1.29, 1.82) is 5.26 Å². The molecule has 1 aromatic heterocycles. The quantitative estimate of drug-likeness (QED) is 0.191. The predicted molar refractivity (Wildman–Crippen MR) is 200 cm³/mol. The van der Waals surface area contributed by atoms with Crippen LogP contribution in [0.3, 0.4) is 0 Å². The van der Waals surface area contributed by atoms with Crippen LogP contribution in [0.2, 0.25) is 0 Å². The smallest absolute Gasteiger partial charge is 0.101 e. The standard InChI is InChI=1S/C47H30N2/c48-29-32-26-37(31-49-30-32)34-20-22-35(23-21-34)43-28-45-46(41-19-11-10-18-40(41)43)42-25-24-36(33-12-4-1-5-13-33)27-44(42)47(45,38-14-6-2-7-15-38)39-16-8-3-9-17-39/h1-28,30-31H. The van der Waals surface area contributed by atoms with Crippen molar-refractivity contribution in [3.05, 3.63) is 210 Å². The van der Waals surface area contributed by atoms with E-state index in [2.05, 4.69) is 175 Å². The molecule has 0 unspecified atom stereocenters. The number of pyridine rings is 1. The van der Waals surface area contributed by atoms with E-state index in [0.29, 0.717) is 5.56 Å². The molecule has 1 aliphatic carbocycles. The van der Waals surface area contributed by atoms with E-state index in [1.54, 1.807) is 6.20 Å². The first-order valence-electron chi connectivity index (χ1n) is 16.6. The maximum Gasteiger partial charge on any atom is 0.101 e. The molecule has 0 saturated heterocycles. The van der Waals surface area contributed by atoms with Gasteiger partial charge in [-0.1, -0.05) is 152 Å². The van der Waals surface area contributed by atoms with Crippen LogP contribution < -0.4 is 0 Å². The van der Waals surface area contributed by atoms with Gasteiger partial charge >= 0.3 is 0 Å². The molecule has 2 nitrogen and oxygen atoms in total. The molecular formula is C47H30N2. The molecule has 7 aromatic carbocycles. The van der Waals surface area contributed by atoms with Crippen molar-refractivity contribution < 1.29 is 0 Å². The van der Waals surface area contributed by atoms with E-state index in [4.69, 9.17) is 0 Å². The lowest BCUT2D eigenvalue weighted by molar-refractivity contribution is 0.769. The summed E-state index contributed by atoms with van der Waals surface area (Å²) < 4.78 is 0. The van der Waals surface area contributed by atoms with E-state index in [1.165, 1.54) is 60.8 Å². The van der Waals surface area contributed by atoms with Gasteiger partial charge in [0.15, 0.2) is 0 Å². The van der Waals surface area contributed by atoms with Crippen LogP contribution in [0.15, 0.2) is 182 Å². The van der Waals surface area contributed by atoms with Gasteiger partial charge in [0.05, 0.1) is 11.0 Å². The summed E-state index contributed by atoms with van der Waals surface area (Å²) in [7, 11) is 0. The van der Waals surface area contributed by atoms with Crippen LogP contribution in [-0.4, -0.2) is 4.98 Å². The monoisotopic (exact) mass is 622 g/mol. The molecule has 0 amide bonds. The number of fused-ring (bicyclic) bond motifs is 5. The number of nitrogens with zero attached hydrogens (tertiary/aromatic N) is 2. The van der Waals surface area contributed by atoms with E-state index in [9.17, 15) is 5.26 Å². The molecule has 228 valence electrons. The molecule has 0 spiro atoms. The first-order chi connectivity index (χ1) is 24.3. The van der Waals surface area contributed by atoms with Gasteiger partial charge in [-0.15, -0.1) is 0 Å². The zero-order chi connectivity index (χ0) is 32.8. The minimum absolute atomic E-state index is 0.542. The number of nitriles is 1. The molecule has 49 heavy (non-hydrogen) atoms. The number of hydrogen-bond donors (Lipinski definition) is 0. The molecule has 0 radical (unpaired) electrons. The molecule has 0 N–H and O–H groups in total. The van der Waals surface area contributed by atoms with Gasteiger partial charge in [-0.05, 0) is 90.2 Å². The fourth-order valence-corrected chi connectivity index (χ4v) is 7.89. The number of benzene rings is 7. The average Bonchev–Trinajstić information content (AvgIpc) is 3.49. The molecule has 0 saturated carbocycles. The molecule has 0 bridgehead atoms. The van der Waals surface area contributed by atoms with Crippen LogP contribution in [0.5, 0.6) is 0 Å². The second-order valence-electron chi connectivity index (χ2n) is 12.7. The highest BCUT2D eigenvalue weighted by molar-refractivity contribution is 6.10. The molecule has 0 aliphatic heterocycles. The Labute approximate surface area is 286 Å². The zero-order valence-corrected chi connectivity index (χ0v) is 26.7. The summed E-state index contributed by atoms with van der Waals surface area (Å²) >= 11 is 0. The highest BCUT2D eigenvalue weighted by Crippen LogP contribution is 2.59. The third-order valence-corrected chi connectivity index (χ3v) is 10.1. The van der Waals surface area contributed by atoms with Crippen molar-refractivity contribution >= 4 is 10.8 Å². The topological polar surface area (TPSA) is 36.7 Å². The van der Waals surface area contributed by atoms with Crippen LogP contribution in [0, 0.1) is 11.3 Å². The Morgan fingerprint density at radius 1 is 0.429 bits per heavy atom. The number of rotatable bonds is 5. The maximum absolute atomic E-state index is 9.43. The normalized spacial score (nSPS) is 12.6. The zero-order valence-electron chi connectivity index (χ0n) is 26.7. The van der Waals surface area contributed by atoms with Crippen LogP contribution in [0.25, 0.3) is 55.3 Å². The second-order valence-corrected chi connectivity index (χ2v) is 12.7. The molecule has 8 aromatic rings. The van der Waals surface area contributed by atoms with Crippen molar-refractivity contribution in [2.75, 3.05) is 0 Å². The lowest BCUT2D eigenvalue weighted by Crippen LogP contribution is -2.28. The second kappa shape index (κ2) is 11.6. The minimum Gasteiger partial charge on any atom is -0.263 e. The lowest BCUT2D eigenvalue weighted by atomic mass is 9.67. The van der Waals surface area contributed by atoms with Gasteiger partial charge in [0.25, 0.3) is 0 Å². The minimum atomic E-state index is -0.542. The Kier molecular flexibility index (Phi) is 6.78. The van der Waals surface area contributed by atoms with E-state index in [-0.39, 0.29) is 0 Å². The van der Waals surface area contributed by atoms with Gasteiger partial charge in [0.2, 0.25) is 0 Å². The molecule has 0 fully saturated rings. The average molecular weight is 623 g/mol. The van der Waals surface area contributed by atoms with Gasteiger partial charge in [-0.25, -0.2) is 0 Å². The summed E-state index contributed by atoms with van der Waals surface area (Å²) in [6.07, 6.45) is 3.41. The van der Waals surface area contributed by atoms with E-state index < -0.39 is 5.41 Å². The third kappa shape index (κ3) is 4.52. The summed E-state index contributed by atoms with van der Waals surface area (Å²) in [6, 6.07) is 63.8. The molecule has 2 heteroatoms. The van der Waals surface area contributed by atoms with Crippen molar-refractivity contribution in [2.45, 2.75) is 5.41 Å². The van der Waals surface area contributed by atoms with Crippen LogP contribution in [-0.2, 0) is 5.41 Å². The maximum atomic E-state index is 9.43. The summed E-state index contributed by atoms with van der Waals surface area (Å²) in [4.78, 5) is 4.29. The summed E-state index contributed by atoms with van der Waals surface area (Å²) in [5.41, 5.74) is 14.3. The van der Waals surface area contributed by atoms with Crippen LogP contribution in [0.1, 0.15) is 27.8 Å². The Hall–Kier alpha value is -6.56. The Morgan fingerprint density at radius 2 is 1.00 bits per heavy atom. The summed E-state index contributed by atoms with van der Waals surface area (Å²) in [6.45, 7) is 0. The van der Waals surface area contributed by atoms with Crippen LogP contribution in [0.4, 0.5) is 0 Å². The van der Waals surface area contributed by atoms with Gasteiger partial charge in [0, 0.05) is 18.0 Å². The molecule has 1 heterocycles. The Bertz CT molecular complexity index is 2490. The van der Waals surface area contributed by atoms with E-state index in [0.717, 1.165) is 16.7 Å². The van der Waals surface area contributed by atoms with Crippen LogP contribution >= 0.6 is 0 Å². The number of aromatic nitrogens is 1. The Morgan fingerprint density at radius 3 is 1.67 bits per heavy atom. The lowest BCUT2D eigenvalue weighted by Gasteiger charge is -2.34. The molecule has 1 aliphatic rings. The highest BCUT2D eigenvalue weighted by Gasteiger charge is 2.47. The van der Waals surface area contributed by atoms with Gasteiger partial charge in [-0.3, -0.25) is 4.98 Å². The van der Waals surface area contributed by atoms with Gasteiger partial charge in [0.1, 0.15) is 6.07 Å². The van der Waals surface area contributed by atoms with Crippen molar-refractivity contribution in [3.63, 3.8) is 0 Å². The molecule has 0 atom stereocenters. The van der Waals surface area contributed by atoms with E-state index in [1.807, 2.05) is 12.3 Å². The number of hydrogen-bond acceptors (Lipinski definition) is 2. The molecular weight excluding hydrogens is 593 g/mol. The summed E-state index contributed by atoms with van der Waals surface area (Å²) in [5.74, 6) is 0. The summed E-state index contributed by atoms with van der Waals surface area (Å²) in [5, 5.41) is 11.9. The van der Waals surface area contributed by atoms with Crippen molar-refractivity contribution in [2.24, 2.45) is 0 Å². The predicted octanol–water partition coefficient (Wildman–Crippen LogP) is 11.5. The largest absolute Gasteiger partial charge is 0.263 e. The van der Waals surface area contributed by atoms with Crippen molar-refractivity contribution in [1.82, 2.24) is 4.98 Å². The first-order valence-corrected chi connectivity index (χ1v) is 16.6. The first kappa shape index (κ1) is 28.6. The van der Waals surface area contributed by atoms with Gasteiger partial charge < -0.3 is 0 Å². The Balaban J connectivity index is 1.35. The fraction of sp³-hybridized carbons (Fsp3) is 0.0213. The third-order valence-electron chi connectivity index (χ3n) is 10.1.